The minimum Gasteiger partial charge on any atom is -0.304 e. The van der Waals surface area contributed by atoms with Gasteiger partial charge in [-0.25, -0.2) is 13.4 Å². The predicted molar refractivity (Wildman–Crippen MR) is 122 cm³/mol. The molecule has 0 aliphatic carbocycles. The Hall–Kier alpha value is -2.64. The summed E-state index contributed by atoms with van der Waals surface area (Å²) in [5.74, 6) is -0.710. The molecule has 0 saturated carbocycles. The maximum absolute atomic E-state index is 13.0. The van der Waals surface area contributed by atoms with Crippen LogP contribution in [0.2, 0.25) is 5.02 Å². The van der Waals surface area contributed by atoms with Gasteiger partial charge in [-0.15, -0.1) is 0 Å². The average molecular weight is 496 g/mol. The summed E-state index contributed by atoms with van der Waals surface area (Å²) in [5.41, 5.74) is -0.0677. The van der Waals surface area contributed by atoms with Gasteiger partial charge in [-0.3, -0.25) is 20.2 Å². The number of halogens is 1. The van der Waals surface area contributed by atoms with Crippen molar-refractivity contribution < 1.29 is 18.1 Å². The summed E-state index contributed by atoms with van der Waals surface area (Å²) in [4.78, 5) is 29.7. The number of hydrogen-bond acceptors (Lipinski definition) is 8. The Balaban J connectivity index is 1.59. The zero-order chi connectivity index (χ0) is 23.0. The van der Waals surface area contributed by atoms with Crippen molar-refractivity contribution in [1.82, 2.24) is 14.2 Å². The van der Waals surface area contributed by atoms with E-state index in [9.17, 15) is 23.3 Å². The van der Waals surface area contributed by atoms with Gasteiger partial charge in [0.05, 0.1) is 20.0 Å². The number of hydrogen-bond donors (Lipinski definition) is 1. The van der Waals surface area contributed by atoms with Gasteiger partial charge < -0.3 is 4.90 Å². The van der Waals surface area contributed by atoms with Gasteiger partial charge in [-0.2, -0.15) is 4.31 Å². The Morgan fingerprint density at radius 1 is 1.19 bits per heavy atom. The molecule has 32 heavy (non-hydrogen) atoms. The molecule has 10 nitrogen and oxygen atoms in total. The molecular weight excluding hydrogens is 478 g/mol. The van der Waals surface area contributed by atoms with Crippen LogP contribution in [0.4, 0.5) is 10.8 Å². The van der Waals surface area contributed by atoms with Gasteiger partial charge in [0, 0.05) is 37.3 Å². The number of sulfonamides is 1. The van der Waals surface area contributed by atoms with E-state index in [-0.39, 0.29) is 20.6 Å². The van der Waals surface area contributed by atoms with Gasteiger partial charge >= 0.3 is 0 Å². The minimum absolute atomic E-state index is 0.141. The van der Waals surface area contributed by atoms with Crippen LogP contribution >= 0.6 is 22.9 Å². The molecule has 4 rings (SSSR count). The third-order valence-electron chi connectivity index (χ3n) is 5.08. The molecule has 168 valence electrons. The standard InChI is InChI=1S/C19H18ClN5O5S2/c1-23-6-8-24(9-7-23)32(29,30)13-3-5-15-17(11-13)31-19(21-15)22-18(26)14-4-2-12(20)10-16(14)25(27)28/h2-5,10-11H,6-9H2,1H3,(H,21,22,26). The first kappa shape index (κ1) is 22.6. The molecule has 1 aliphatic rings. The summed E-state index contributed by atoms with van der Waals surface area (Å²) in [7, 11) is -1.70. The van der Waals surface area contributed by atoms with Gasteiger partial charge in [-0.05, 0) is 37.4 Å². The summed E-state index contributed by atoms with van der Waals surface area (Å²) in [6.07, 6.45) is 0. The first-order chi connectivity index (χ1) is 15.1. The molecule has 1 aliphatic heterocycles. The van der Waals surface area contributed by atoms with Gasteiger partial charge in [0.15, 0.2) is 5.13 Å². The van der Waals surface area contributed by atoms with Gasteiger partial charge in [0.2, 0.25) is 10.0 Å². The first-order valence-corrected chi connectivity index (χ1v) is 12.1. The van der Waals surface area contributed by atoms with Crippen LogP contribution in [0, 0.1) is 10.1 Å². The highest BCUT2D eigenvalue weighted by atomic mass is 35.5. The lowest BCUT2D eigenvalue weighted by Gasteiger charge is -2.31. The molecule has 1 N–H and O–H groups in total. The zero-order valence-electron chi connectivity index (χ0n) is 16.8. The van der Waals surface area contributed by atoms with Crippen molar-refractivity contribution in [3.63, 3.8) is 0 Å². The highest BCUT2D eigenvalue weighted by Gasteiger charge is 2.28. The molecule has 1 fully saturated rings. The predicted octanol–water partition coefficient (Wildman–Crippen LogP) is 3.05. The number of fused-ring (bicyclic) bond motifs is 1. The van der Waals surface area contributed by atoms with Crippen molar-refractivity contribution in [2.75, 3.05) is 38.5 Å². The number of aromatic nitrogens is 1. The second-order valence-electron chi connectivity index (χ2n) is 7.23. The van der Waals surface area contributed by atoms with Crippen molar-refractivity contribution in [2.45, 2.75) is 4.90 Å². The van der Waals surface area contributed by atoms with Crippen LogP contribution in [-0.2, 0) is 10.0 Å². The molecular formula is C19H18ClN5O5S2. The molecule has 0 spiro atoms. The minimum atomic E-state index is -3.64. The Labute approximate surface area is 192 Å². The number of nitrogens with zero attached hydrogens (tertiary/aromatic N) is 4. The average Bonchev–Trinajstić information content (AvgIpc) is 3.15. The molecule has 0 unspecified atom stereocenters. The molecule has 0 bridgehead atoms. The molecule has 2 aromatic carbocycles. The molecule has 3 aromatic rings. The van der Waals surface area contributed by atoms with E-state index < -0.39 is 26.5 Å². The quantitative estimate of drug-likeness (QED) is 0.425. The number of carbonyl (C=O) groups is 1. The lowest BCUT2D eigenvalue weighted by atomic mass is 10.1. The molecule has 1 amide bonds. The van der Waals surface area contributed by atoms with E-state index in [1.165, 1.54) is 28.6 Å². The van der Waals surface area contributed by atoms with Gasteiger partial charge in [0.25, 0.3) is 11.6 Å². The lowest BCUT2D eigenvalue weighted by Crippen LogP contribution is -2.46. The number of piperazine rings is 1. The fraction of sp³-hybridized carbons (Fsp3) is 0.263. The van der Waals surface area contributed by atoms with Crippen molar-refractivity contribution >= 4 is 59.9 Å². The lowest BCUT2D eigenvalue weighted by molar-refractivity contribution is -0.385. The number of nitrogens with one attached hydrogen (secondary N) is 1. The molecule has 0 radical (unpaired) electrons. The van der Waals surface area contributed by atoms with Crippen LogP contribution in [0.3, 0.4) is 0 Å². The Morgan fingerprint density at radius 3 is 2.59 bits per heavy atom. The van der Waals surface area contributed by atoms with Crippen molar-refractivity contribution in [1.29, 1.82) is 0 Å². The summed E-state index contributed by atoms with van der Waals surface area (Å²) < 4.78 is 28.0. The second-order valence-corrected chi connectivity index (χ2v) is 10.6. The topological polar surface area (TPSA) is 126 Å². The molecule has 1 saturated heterocycles. The fourth-order valence-electron chi connectivity index (χ4n) is 3.31. The number of benzene rings is 2. The fourth-order valence-corrected chi connectivity index (χ4v) is 5.90. The highest BCUT2D eigenvalue weighted by molar-refractivity contribution is 7.89. The number of likely N-dealkylation sites (N-methyl/N-ethyl adjacent to an activating group) is 1. The Bertz CT molecular complexity index is 1320. The Morgan fingerprint density at radius 2 is 1.91 bits per heavy atom. The van der Waals surface area contributed by atoms with Crippen molar-refractivity contribution in [2.24, 2.45) is 0 Å². The van der Waals surface area contributed by atoms with Crippen LogP contribution < -0.4 is 5.32 Å². The maximum Gasteiger partial charge on any atom is 0.283 e. The smallest absolute Gasteiger partial charge is 0.283 e. The van der Waals surface area contributed by atoms with E-state index in [0.29, 0.717) is 36.4 Å². The van der Waals surface area contributed by atoms with E-state index in [1.807, 2.05) is 7.05 Å². The van der Waals surface area contributed by atoms with Gasteiger partial charge in [-0.1, -0.05) is 22.9 Å². The van der Waals surface area contributed by atoms with Crippen molar-refractivity contribution in [3.8, 4) is 0 Å². The summed E-state index contributed by atoms with van der Waals surface area (Å²) >= 11 is 6.88. The van der Waals surface area contributed by atoms with E-state index in [0.717, 1.165) is 17.4 Å². The van der Waals surface area contributed by atoms with Crippen LogP contribution in [0.25, 0.3) is 10.2 Å². The number of anilines is 1. The molecule has 2 heterocycles. The van der Waals surface area contributed by atoms with Crippen LogP contribution in [0.15, 0.2) is 41.3 Å². The SMILES string of the molecule is CN1CCN(S(=O)(=O)c2ccc3nc(NC(=O)c4ccc(Cl)cc4[N+](=O)[O-])sc3c2)CC1. The largest absolute Gasteiger partial charge is 0.304 e. The summed E-state index contributed by atoms with van der Waals surface area (Å²) in [6.45, 7) is 2.16. The normalized spacial score (nSPS) is 15.7. The van der Waals surface area contributed by atoms with Crippen LogP contribution in [0.5, 0.6) is 0 Å². The molecule has 0 atom stereocenters. The van der Waals surface area contributed by atoms with Crippen molar-refractivity contribution in [3.05, 3.63) is 57.1 Å². The van der Waals surface area contributed by atoms with E-state index in [1.54, 1.807) is 6.07 Å². The second kappa shape index (κ2) is 8.71. The monoisotopic (exact) mass is 495 g/mol. The third-order valence-corrected chi connectivity index (χ3v) is 8.14. The zero-order valence-corrected chi connectivity index (χ0v) is 19.2. The van der Waals surface area contributed by atoms with Gasteiger partial charge in [0.1, 0.15) is 5.56 Å². The van der Waals surface area contributed by atoms with E-state index in [2.05, 4.69) is 15.2 Å². The first-order valence-electron chi connectivity index (χ1n) is 9.50. The summed E-state index contributed by atoms with van der Waals surface area (Å²) in [6, 6.07) is 8.35. The number of amides is 1. The number of thiazole rings is 1. The van der Waals surface area contributed by atoms with Crippen LogP contribution in [-0.4, -0.2) is 66.7 Å². The Kier molecular flexibility index (Phi) is 6.14. The van der Waals surface area contributed by atoms with Crippen LogP contribution in [0.1, 0.15) is 10.4 Å². The van der Waals surface area contributed by atoms with E-state index in [4.69, 9.17) is 11.6 Å². The highest BCUT2D eigenvalue weighted by Crippen LogP contribution is 2.31. The molecule has 13 heteroatoms. The number of nitro benzene ring substituents is 1. The summed E-state index contributed by atoms with van der Waals surface area (Å²) in [5, 5.41) is 14.1. The maximum atomic E-state index is 13.0. The number of nitro groups is 1. The number of rotatable bonds is 5. The molecule has 1 aromatic heterocycles. The van der Waals surface area contributed by atoms with E-state index >= 15 is 0 Å². The third kappa shape index (κ3) is 4.45. The number of carbonyl (C=O) groups excluding carboxylic acids is 1.